The Morgan fingerprint density at radius 2 is 2.38 bits per heavy atom. The zero-order chi connectivity index (χ0) is 11.4. The number of nitrogens with two attached hydrogens (primary N) is 1. The summed E-state index contributed by atoms with van der Waals surface area (Å²) in [6.45, 7) is 0. The van der Waals surface area contributed by atoms with Crippen LogP contribution >= 0.6 is 11.3 Å². The zero-order valence-electron chi connectivity index (χ0n) is 9.09. The van der Waals surface area contributed by atoms with Gasteiger partial charge in [-0.3, -0.25) is 4.98 Å². The molecular weight excluding hydrogens is 220 g/mol. The van der Waals surface area contributed by atoms with Crippen LogP contribution in [0.15, 0.2) is 35.3 Å². The van der Waals surface area contributed by atoms with Crippen molar-refractivity contribution in [2.45, 2.75) is 12.5 Å². The summed E-state index contributed by atoms with van der Waals surface area (Å²) in [6.07, 6.45) is 4.26. The van der Waals surface area contributed by atoms with Gasteiger partial charge >= 0.3 is 0 Å². The van der Waals surface area contributed by atoms with Crippen LogP contribution in [-0.2, 0) is 6.42 Å². The fraction of sp³-hybridized carbons (Fsp3) is 0.250. The molecule has 2 aromatic heterocycles. The van der Waals surface area contributed by atoms with Crippen LogP contribution in [-0.4, -0.2) is 12.1 Å². The van der Waals surface area contributed by atoms with Gasteiger partial charge in [-0.2, -0.15) is 11.3 Å². The molecule has 0 aliphatic heterocycles. The lowest BCUT2D eigenvalue weighted by molar-refractivity contribution is 0.403. The Morgan fingerprint density at radius 1 is 1.50 bits per heavy atom. The monoisotopic (exact) mass is 234 g/mol. The van der Waals surface area contributed by atoms with Gasteiger partial charge in [0.2, 0.25) is 0 Å². The minimum atomic E-state index is -0.0486. The molecule has 0 aliphatic rings. The van der Waals surface area contributed by atoms with E-state index in [1.807, 2.05) is 6.07 Å². The molecule has 4 heteroatoms. The van der Waals surface area contributed by atoms with Gasteiger partial charge in [-0.05, 0) is 34.9 Å². The Bertz CT molecular complexity index is 442. The summed E-state index contributed by atoms with van der Waals surface area (Å²) in [5.74, 6) is 0.755. The number of hydrogen-bond acceptors (Lipinski definition) is 4. The molecule has 0 aliphatic carbocycles. The Balaban J connectivity index is 2.17. The summed E-state index contributed by atoms with van der Waals surface area (Å²) in [6, 6.07) is 3.96. The maximum atomic E-state index is 6.16. The molecule has 0 radical (unpaired) electrons. The lowest BCUT2D eigenvalue weighted by Crippen LogP contribution is -2.14. The first kappa shape index (κ1) is 11.1. The van der Waals surface area contributed by atoms with Crippen molar-refractivity contribution in [3.63, 3.8) is 0 Å². The van der Waals surface area contributed by atoms with Crippen molar-refractivity contribution in [2.24, 2.45) is 5.73 Å². The zero-order valence-corrected chi connectivity index (χ0v) is 9.91. The fourth-order valence-corrected chi connectivity index (χ4v) is 2.32. The second kappa shape index (κ2) is 5.09. The van der Waals surface area contributed by atoms with E-state index in [0.29, 0.717) is 0 Å². The maximum Gasteiger partial charge on any atom is 0.141 e. The smallest absolute Gasteiger partial charge is 0.141 e. The van der Waals surface area contributed by atoms with Crippen molar-refractivity contribution in [2.75, 3.05) is 7.11 Å². The van der Waals surface area contributed by atoms with Crippen LogP contribution in [0, 0.1) is 0 Å². The van der Waals surface area contributed by atoms with Crippen LogP contribution < -0.4 is 10.5 Å². The summed E-state index contributed by atoms with van der Waals surface area (Å²) < 4.78 is 5.25. The van der Waals surface area contributed by atoms with E-state index >= 15 is 0 Å². The summed E-state index contributed by atoms with van der Waals surface area (Å²) in [5.41, 5.74) is 8.42. The molecule has 2 rings (SSSR count). The van der Waals surface area contributed by atoms with Crippen molar-refractivity contribution in [3.8, 4) is 5.75 Å². The molecular formula is C12H14N2OS. The largest absolute Gasteiger partial charge is 0.495 e. The number of pyridine rings is 1. The molecule has 2 aromatic rings. The molecule has 1 atom stereocenters. The number of ether oxygens (including phenoxy) is 1. The van der Waals surface area contributed by atoms with Gasteiger partial charge < -0.3 is 10.5 Å². The van der Waals surface area contributed by atoms with E-state index in [4.69, 9.17) is 10.5 Å². The van der Waals surface area contributed by atoms with Crippen LogP contribution in [0.1, 0.15) is 17.2 Å². The van der Waals surface area contributed by atoms with Crippen molar-refractivity contribution < 1.29 is 4.74 Å². The third-order valence-corrected chi connectivity index (χ3v) is 3.20. The second-order valence-corrected chi connectivity index (χ2v) is 4.34. The van der Waals surface area contributed by atoms with E-state index in [-0.39, 0.29) is 6.04 Å². The number of rotatable bonds is 4. The molecule has 2 heterocycles. The van der Waals surface area contributed by atoms with Crippen LogP contribution in [0.25, 0.3) is 0 Å². The highest BCUT2D eigenvalue weighted by molar-refractivity contribution is 7.07. The van der Waals surface area contributed by atoms with Gasteiger partial charge in [-0.15, -0.1) is 0 Å². The van der Waals surface area contributed by atoms with E-state index in [1.165, 1.54) is 5.56 Å². The van der Waals surface area contributed by atoms with Crippen molar-refractivity contribution in [1.82, 2.24) is 4.98 Å². The van der Waals surface area contributed by atoms with Crippen LogP contribution in [0.5, 0.6) is 5.75 Å². The molecule has 0 bridgehead atoms. The minimum absolute atomic E-state index is 0.0486. The highest BCUT2D eigenvalue weighted by atomic mass is 32.1. The predicted octanol–water partition coefficient (Wildman–Crippen LogP) is 2.39. The Hall–Kier alpha value is -1.39. The summed E-state index contributed by atoms with van der Waals surface area (Å²) in [4.78, 5) is 4.02. The van der Waals surface area contributed by atoms with E-state index in [2.05, 4.69) is 21.8 Å². The summed E-state index contributed by atoms with van der Waals surface area (Å²) >= 11 is 1.69. The standard InChI is InChI=1S/C12H14N2OS/c1-15-12-7-14-4-2-10(12)11(13)6-9-3-5-16-8-9/h2-5,7-8,11H,6,13H2,1H3. The average molecular weight is 234 g/mol. The Kier molecular flexibility index (Phi) is 3.54. The maximum absolute atomic E-state index is 6.16. The molecule has 0 aromatic carbocycles. The number of thiophene rings is 1. The van der Waals surface area contributed by atoms with Crippen molar-refractivity contribution >= 4 is 11.3 Å². The topological polar surface area (TPSA) is 48.1 Å². The molecule has 2 N–H and O–H groups in total. The SMILES string of the molecule is COc1cnccc1C(N)Cc1ccsc1. The van der Waals surface area contributed by atoms with Gasteiger partial charge in [-0.25, -0.2) is 0 Å². The Morgan fingerprint density at radius 3 is 3.06 bits per heavy atom. The normalized spacial score (nSPS) is 12.4. The predicted molar refractivity (Wildman–Crippen MR) is 65.7 cm³/mol. The Labute approximate surface area is 98.9 Å². The third-order valence-electron chi connectivity index (χ3n) is 2.47. The molecule has 0 amide bonds. The molecule has 0 saturated heterocycles. The van der Waals surface area contributed by atoms with Gasteiger partial charge in [0.05, 0.1) is 13.3 Å². The van der Waals surface area contributed by atoms with Crippen molar-refractivity contribution in [1.29, 1.82) is 0 Å². The summed E-state index contributed by atoms with van der Waals surface area (Å²) in [5, 5.41) is 4.18. The van der Waals surface area contributed by atoms with Crippen LogP contribution in [0.3, 0.4) is 0 Å². The molecule has 16 heavy (non-hydrogen) atoms. The van der Waals surface area contributed by atoms with Gasteiger partial charge in [-0.1, -0.05) is 0 Å². The van der Waals surface area contributed by atoms with Crippen molar-refractivity contribution in [3.05, 3.63) is 46.4 Å². The number of hydrogen-bond donors (Lipinski definition) is 1. The number of nitrogens with zero attached hydrogens (tertiary/aromatic N) is 1. The summed E-state index contributed by atoms with van der Waals surface area (Å²) in [7, 11) is 1.64. The average Bonchev–Trinajstić information content (AvgIpc) is 2.81. The molecule has 1 unspecified atom stereocenters. The highest BCUT2D eigenvalue weighted by Gasteiger charge is 2.12. The van der Waals surface area contributed by atoms with E-state index in [9.17, 15) is 0 Å². The minimum Gasteiger partial charge on any atom is -0.495 e. The van der Waals surface area contributed by atoms with E-state index < -0.39 is 0 Å². The van der Waals surface area contributed by atoms with Gasteiger partial charge in [0.1, 0.15) is 5.75 Å². The van der Waals surface area contributed by atoms with E-state index in [0.717, 1.165) is 17.7 Å². The number of aromatic nitrogens is 1. The molecule has 84 valence electrons. The first-order valence-electron chi connectivity index (χ1n) is 5.06. The van der Waals surface area contributed by atoms with Gasteiger partial charge in [0.25, 0.3) is 0 Å². The molecule has 0 saturated carbocycles. The van der Waals surface area contributed by atoms with Crippen LogP contribution in [0.2, 0.25) is 0 Å². The van der Waals surface area contributed by atoms with Crippen LogP contribution in [0.4, 0.5) is 0 Å². The molecule has 0 spiro atoms. The van der Waals surface area contributed by atoms with E-state index in [1.54, 1.807) is 30.8 Å². The van der Waals surface area contributed by atoms with Gasteiger partial charge in [0.15, 0.2) is 0 Å². The lowest BCUT2D eigenvalue weighted by atomic mass is 10.0. The second-order valence-electron chi connectivity index (χ2n) is 3.56. The highest BCUT2D eigenvalue weighted by Crippen LogP contribution is 2.25. The fourth-order valence-electron chi connectivity index (χ4n) is 1.64. The first-order chi connectivity index (χ1) is 7.81. The first-order valence-corrected chi connectivity index (χ1v) is 6.00. The third kappa shape index (κ3) is 2.40. The molecule has 0 fully saturated rings. The molecule has 3 nitrogen and oxygen atoms in total. The lowest BCUT2D eigenvalue weighted by Gasteiger charge is -2.14. The van der Waals surface area contributed by atoms with Gasteiger partial charge in [0, 0.05) is 17.8 Å². The number of methoxy groups -OCH3 is 1. The quantitative estimate of drug-likeness (QED) is 0.883.